The zero-order valence-electron chi connectivity index (χ0n) is 12.9. The molecular weight excluding hydrogens is 522 g/mol. The monoisotopic (exact) mass is 527 g/mol. The van der Waals surface area contributed by atoms with E-state index in [0.717, 1.165) is 0 Å². The van der Waals surface area contributed by atoms with Crippen LogP contribution in [-0.4, -0.2) is 31.8 Å². The number of hydrogen-bond acceptors (Lipinski definition) is 5. The number of rotatable bonds is 5. The number of aliphatic carboxylic acids is 1. The van der Waals surface area contributed by atoms with Crippen molar-refractivity contribution >= 4 is 98.9 Å². The van der Waals surface area contributed by atoms with Crippen LogP contribution in [0.2, 0.25) is 5.02 Å². The highest BCUT2D eigenvalue weighted by atomic mass is 35.6. The summed E-state index contributed by atoms with van der Waals surface area (Å²) in [6.45, 7) is 0. The van der Waals surface area contributed by atoms with Crippen LogP contribution in [0.5, 0.6) is 0 Å². The molecule has 0 amide bonds. The maximum atomic E-state index is 10.6. The predicted octanol–water partition coefficient (Wildman–Crippen LogP) is 6.41. The van der Waals surface area contributed by atoms with E-state index in [1.807, 2.05) is 0 Å². The molecule has 1 heterocycles. The second kappa shape index (κ2) is 9.26. The van der Waals surface area contributed by atoms with Gasteiger partial charge in [-0.05, 0) is 18.2 Å². The van der Waals surface area contributed by atoms with Crippen molar-refractivity contribution in [3.8, 4) is 11.4 Å². The number of hydrogen-bond donors (Lipinski definition) is 1. The van der Waals surface area contributed by atoms with Gasteiger partial charge in [-0.2, -0.15) is 0 Å². The quantitative estimate of drug-likeness (QED) is 0.356. The second-order valence-corrected chi connectivity index (χ2v) is 11.0. The molecule has 0 aliphatic heterocycles. The Morgan fingerprint density at radius 2 is 1.56 bits per heavy atom. The van der Waals surface area contributed by atoms with E-state index in [-0.39, 0.29) is 23.9 Å². The fraction of sp³-hybridized carbons (Fsp3) is 0.286. The van der Waals surface area contributed by atoms with E-state index in [1.54, 1.807) is 18.2 Å². The zero-order valence-corrected chi connectivity index (χ0v) is 19.0. The van der Waals surface area contributed by atoms with Crippen molar-refractivity contribution in [2.24, 2.45) is 0 Å². The van der Waals surface area contributed by atoms with Gasteiger partial charge >= 0.3 is 5.97 Å². The summed E-state index contributed by atoms with van der Waals surface area (Å²) in [5, 5.41) is 9.07. The van der Waals surface area contributed by atoms with E-state index in [9.17, 15) is 4.79 Å². The number of carboxylic acids is 1. The predicted molar refractivity (Wildman–Crippen MR) is 112 cm³/mol. The van der Waals surface area contributed by atoms with Crippen molar-refractivity contribution in [1.29, 1.82) is 0 Å². The molecule has 1 aromatic carbocycles. The van der Waals surface area contributed by atoms with E-state index >= 15 is 0 Å². The molecule has 0 bridgehead atoms. The number of nitrogens with zero attached hydrogens (tertiary/aromatic N) is 3. The molecule has 0 saturated carbocycles. The Hall–Kier alpha value is 0.0800. The van der Waals surface area contributed by atoms with Gasteiger partial charge in [0.15, 0.2) is 17.5 Å². The number of carboxylic acid groups (broad SMARTS) is 1. The fourth-order valence-electron chi connectivity index (χ4n) is 1.76. The minimum absolute atomic E-state index is 0.00936. The Bertz CT molecular complexity index is 823. The van der Waals surface area contributed by atoms with Crippen molar-refractivity contribution in [3.05, 3.63) is 34.9 Å². The number of alkyl halides is 6. The van der Waals surface area contributed by atoms with E-state index in [0.29, 0.717) is 21.2 Å². The van der Waals surface area contributed by atoms with E-state index in [1.165, 1.54) is 11.8 Å². The molecule has 13 heteroatoms. The lowest BCUT2D eigenvalue weighted by Crippen LogP contribution is -2.16. The largest absolute Gasteiger partial charge is 0.481 e. The van der Waals surface area contributed by atoms with Gasteiger partial charge in [-0.1, -0.05) is 81.2 Å². The highest BCUT2D eigenvalue weighted by Crippen LogP contribution is 2.41. The third kappa shape index (κ3) is 6.82. The zero-order chi connectivity index (χ0) is 20.4. The molecule has 5 nitrogen and oxygen atoms in total. The molecule has 1 aromatic heterocycles. The second-order valence-electron chi connectivity index (χ2n) is 4.94. The van der Waals surface area contributed by atoms with Crippen molar-refractivity contribution in [1.82, 2.24) is 15.0 Å². The van der Waals surface area contributed by atoms with Gasteiger partial charge in [-0.25, -0.2) is 15.0 Å². The molecule has 146 valence electrons. The van der Waals surface area contributed by atoms with E-state index in [4.69, 9.17) is 86.3 Å². The lowest BCUT2D eigenvalue weighted by molar-refractivity contribution is -0.136. The third-order valence-corrected chi connectivity index (χ3v) is 5.42. The van der Waals surface area contributed by atoms with Gasteiger partial charge in [0.2, 0.25) is 7.59 Å². The molecule has 27 heavy (non-hydrogen) atoms. The third-order valence-electron chi connectivity index (χ3n) is 2.91. The van der Waals surface area contributed by atoms with Crippen LogP contribution in [0, 0.1) is 0 Å². The lowest BCUT2D eigenvalue weighted by Gasteiger charge is -2.16. The minimum atomic E-state index is -1.96. The van der Waals surface area contributed by atoms with E-state index < -0.39 is 13.6 Å². The molecule has 0 unspecified atom stereocenters. The summed E-state index contributed by atoms with van der Waals surface area (Å²) < 4.78 is -3.92. The van der Waals surface area contributed by atoms with E-state index in [2.05, 4.69) is 15.0 Å². The van der Waals surface area contributed by atoms with Gasteiger partial charge in [0, 0.05) is 16.2 Å². The molecule has 0 aliphatic carbocycles. The summed E-state index contributed by atoms with van der Waals surface area (Å²) in [5.74, 6) is -0.852. The molecule has 0 atom stereocenters. The van der Waals surface area contributed by atoms with Gasteiger partial charge in [-0.15, -0.1) is 11.8 Å². The SMILES string of the molecule is O=C(O)CCSc1ccc(-c2nc(C(Cl)(Cl)Cl)nc(C(Cl)(Cl)Cl)n2)cc1Cl. The highest BCUT2D eigenvalue weighted by Gasteiger charge is 2.34. The van der Waals surface area contributed by atoms with Crippen molar-refractivity contribution in [3.63, 3.8) is 0 Å². The fourth-order valence-corrected chi connectivity index (χ4v) is 3.47. The number of halogens is 7. The molecular formula is C14H8Cl7N3O2S. The first-order valence-corrected chi connectivity index (χ1v) is 10.6. The van der Waals surface area contributed by atoms with Crippen LogP contribution in [0.3, 0.4) is 0 Å². The molecule has 2 aromatic rings. The Morgan fingerprint density at radius 1 is 1.00 bits per heavy atom. The standard InChI is InChI=1S/C14H8Cl7N3O2S/c15-7-5-6(1-2-8(7)27-4-3-9(25)26)10-22-11(13(16,17)18)24-12(23-10)14(19,20)21/h1-2,5H,3-4H2,(H,25,26). The van der Waals surface area contributed by atoms with Crippen molar-refractivity contribution in [2.45, 2.75) is 18.9 Å². The van der Waals surface area contributed by atoms with Crippen LogP contribution < -0.4 is 0 Å². The summed E-state index contributed by atoms with van der Waals surface area (Å²) in [6, 6.07) is 4.93. The molecule has 1 N–H and O–H groups in total. The highest BCUT2D eigenvalue weighted by molar-refractivity contribution is 7.99. The minimum Gasteiger partial charge on any atom is -0.481 e. The van der Waals surface area contributed by atoms with Gasteiger partial charge in [-0.3, -0.25) is 4.79 Å². The Balaban J connectivity index is 2.42. The lowest BCUT2D eigenvalue weighted by atomic mass is 10.2. The maximum absolute atomic E-state index is 10.6. The number of benzene rings is 1. The van der Waals surface area contributed by atoms with Crippen molar-refractivity contribution < 1.29 is 9.90 Å². The normalized spacial score (nSPS) is 12.3. The summed E-state index contributed by atoms with van der Waals surface area (Å²) in [5.41, 5.74) is 0.469. The average molecular weight is 530 g/mol. The Kier molecular flexibility index (Phi) is 8.02. The van der Waals surface area contributed by atoms with Gasteiger partial charge in [0.25, 0.3) is 0 Å². The number of thioether (sulfide) groups is 1. The first kappa shape index (κ1) is 23.4. The molecule has 0 aliphatic rings. The summed E-state index contributed by atoms with van der Waals surface area (Å²) in [6.07, 6.45) is 0.00936. The Morgan fingerprint density at radius 3 is 2.00 bits per heavy atom. The van der Waals surface area contributed by atoms with Gasteiger partial charge in [0.05, 0.1) is 11.4 Å². The first-order chi connectivity index (χ1) is 12.4. The summed E-state index contributed by atoms with van der Waals surface area (Å²) in [4.78, 5) is 23.4. The topological polar surface area (TPSA) is 76.0 Å². The smallest absolute Gasteiger partial charge is 0.304 e. The maximum Gasteiger partial charge on any atom is 0.304 e. The van der Waals surface area contributed by atoms with Gasteiger partial charge < -0.3 is 5.11 Å². The first-order valence-electron chi connectivity index (χ1n) is 6.93. The van der Waals surface area contributed by atoms with Crippen LogP contribution in [0.15, 0.2) is 23.1 Å². The van der Waals surface area contributed by atoms with Crippen LogP contribution >= 0.6 is 93.0 Å². The molecule has 0 saturated heterocycles. The molecule has 0 spiro atoms. The number of aromatic nitrogens is 3. The Labute approximate surface area is 193 Å². The van der Waals surface area contributed by atoms with Crippen LogP contribution in [0.4, 0.5) is 0 Å². The summed E-state index contributed by atoms with van der Waals surface area (Å²) in [7, 11) is 0. The summed E-state index contributed by atoms with van der Waals surface area (Å²) >= 11 is 42.7. The van der Waals surface area contributed by atoms with Gasteiger partial charge in [0.1, 0.15) is 0 Å². The average Bonchev–Trinajstić information content (AvgIpc) is 2.54. The molecule has 0 fully saturated rings. The number of carbonyl (C=O) groups is 1. The van der Waals surface area contributed by atoms with Crippen LogP contribution in [-0.2, 0) is 12.4 Å². The van der Waals surface area contributed by atoms with Crippen LogP contribution in [0.25, 0.3) is 11.4 Å². The molecule has 2 rings (SSSR count). The van der Waals surface area contributed by atoms with Crippen molar-refractivity contribution in [2.75, 3.05) is 5.75 Å². The van der Waals surface area contributed by atoms with Crippen LogP contribution in [0.1, 0.15) is 18.1 Å². The molecule has 0 radical (unpaired) electrons.